The topological polar surface area (TPSA) is 261 Å². The maximum Gasteiger partial charge on any atom is 0.294 e. The summed E-state index contributed by atoms with van der Waals surface area (Å²) in [6.45, 7) is 0. The molecule has 0 aromatic heterocycles. The van der Waals surface area contributed by atoms with Crippen LogP contribution >= 0.6 is 0 Å². The van der Waals surface area contributed by atoms with Crippen LogP contribution in [0.1, 0.15) is 22.3 Å². The second-order valence-corrected chi connectivity index (χ2v) is 34.7. The van der Waals surface area contributed by atoms with Crippen LogP contribution in [0.2, 0.25) is 0 Å². The molecule has 0 aliphatic heterocycles. The van der Waals surface area contributed by atoms with Crippen LogP contribution in [0.3, 0.4) is 0 Å². The van der Waals surface area contributed by atoms with E-state index in [9.17, 15) is 51.9 Å². The van der Waals surface area contributed by atoms with E-state index in [1.54, 1.807) is 60.7 Å². The average Bonchev–Trinajstić information content (AvgIpc) is 1.54. The van der Waals surface area contributed by atoms with Crippen molar-refractivity contribution < 1.29 is 141 Å². The van der Waals surface area contributed by atoms with Gasteiger partial charge in [-0.15, -0.1) is 0 Å². The maximum atomic E-state index is 16.7. The van der Waals surface area contributed by atoms with Crippen LogP contribution in [0, 0.1) is 93.1 Å². The molecule has 0 spiro atoms. The molecule has 0 amide bonds. The molecule has 1 aliphatic carbocycles. The molecule has 17 rings (SSSR count). The van der Waals surface area contributed by atoms with Gasteiger partial charge in [-0.2, -0.15) is 68.8 Å². The number of anilines is 6. The van der Waals surface area contributed by atoms with Crippen molar-refractivity contribution in [2.75, 3.05) is 9.80 Å². The minimum Gasteiger partial charge on any atom is -0.451 e. The third kappa shape index (κ3) is 15.5. The molecule has 0 fully saturated rings. The summed E-state index contributed by atoms with van der Waals surface area (Å²) in [5.74, 6) is -54.9. The highest BCUT2D eigenvalue weighted by atomic mass is 32.2. The zero-order valence-corrected chi connectivity index (χ0v) is 68.4. The number of ether oxygens (including phenoxy) is 4. The molecule has 1 aliphatic rings. The van der Waals surface area contributed by atoms with Gasteiger partial charge in [0.05, 0.1) is 47.3 Å². The predicted octanol–water partition coefficient (Wildman–Crippen LogP) is 25.0. The molecule has 0 bridgehead atoms. The van der Waals surface area contributed by atoms with E-state index in [0.717, 1.165) is 53.5 Å². The van der Waals surface area contributed by atoms with Crippen LogP contribution in [0.4, 0.5) is 104 Å². The Kier molecular flexibility index (Phi) is 22.4. The van der Waals surface area contributed by atoms with Crippen molar-refractivity contribution in [3.63, 3.8) is 0 Å². The minimum atomic E-state index is -5.36. The van der Waals surface area contributed by atoms with Crippen molar-refractivity contribution in [3.05, 3.63) is 382 Å². The Hall–Kier alpha value is -14.6. The van der Waals surface area contributed by atoms with Crippen molar-refractivity contribution in [2.24, 2.45) is 0 Å². The Morgan fingerprint density at radius 3 is 0.824 bits per heavy atom. The lowest BCUT2D eigenvalue weighted by atomic mass is 9.67. The summed E-state index contributed by atoms with van der Waals surface area (Å²) >= 11 is 0. The predicted molar refractivity (Wildman–Crippen MR) is 444 cm³/mol. The van der Waals surface area contributed by atoms with E-state index >= 15 is 70.2 Å². The largest absolute Gasteiger partial charge is 0.451 e. The second-order valence-electron chi connectivity index (χ2n) is 29.0. The van der Waals surface area contributed by atoms with E-state index < -0.39 is 248 Å². The van der Waals surface area contributed by atoms with E-state index in [-0.39, 0.29) is 11.1 Å². The van der Waals surface area contributed by atoms with E-state index in [4.69, 9.17) is 18.9 Å². The van der Waals surface area contributed by atoms with Gasteiger partial charge in [0, 0.05) is 57.0 Å². The average molecular weight is 1880 g/mol. The quantitative estimate of drug-likeness (QED) is 0.0279. The summed E-state index contributed by atoms with van der Waals surface area (Å²) < 4.78 is 420. The summed E-state index contributed by atoms with van der Waals surface area (Å²) in [7, 11) is -20.8. The zero-order chi connectivity index (χ0) is 93.3. The lowest BCUT2D eigenvalue weighted by Gasteiger charge is -2.35. The number of nitrogens with zero attached hydrogens (tertiary/aromatic N) is 2. The Balaban J connectivity index is 0.757. The van der Waals surface area contributed by atoms with Gasteiger partial charge in [0.25, 0.3) is 40.5 Å². The zero-order valence-electron chi connectivity index (χ0n) is 65.2. The summed E-state index contributed by atoms with van der Waals surface area (Å²) in [5.41, 5.74) is -5.35. The van der Waals surface area contributed by atoms with Crippen LogP contribution in [-0.4, -0.2) is 51.9 Å². The normalized spacial score (nSPS) is 12.6. The molecule has 0 saturated carbocycles. The highest BCUT2D eigenvalue weighted by Gasteiger charge is 2.48. The maximum absolute atomic E-state index is 16.7. The third-order valence-corrected chi connectivity index (χ3v) is 24.8. The SMILES string of the molecule is O=S(=O)(O)c1ccc2c(Oc3c(F)c(F)c(-c4c(F)c(F)c(Oc5ccc(C6(c7ccc(Oc8c(F)c(F)c(-c9c(F)c(F)c(Oc%10cc(S(=O)(=O)O)cc%11cc(S(=O)(=O)O)ccc%10%11)c(F)c9F)c(F)c8F)cc7)c7ccccc7-c7ccc(N(c8ccccc8)c8ccc(N(c9ccccc9)c9ccccc9)cc8)cc76)cc5)c(F)c4F)c(F)c3F)cc(S(=O)(=O)O)cc2c1. The van der Waals surface area contributed by atoms with Gasteiger partial charge >= 0.3 is 0 Å². The monoisotopic (exact) mass is 1880 g/mol. The van der Waals surface area contributed by atoms with E-state index in [2.05, 4.69) is 0 Å². The lowest BCUT2D eigenvalue weighted by molar-refractivity contribution is 0.361. The van der Waals surface area contributed by atoms with Gasteiger partial charge in [-0.1, -0.05) is 109 Å². The Morgan fingerprint density at radius 2 is 0.504 bits per heavy atom. The molecule has 18 nitrogen and oxygen atoms in total. The molecule has 4 N–H and O–H groups in total. The third-order valence-electron chi connectivity index (χ3n) is 21.4. The van der Waals surface area contributed by atoms with Crippen LogP contribution in [0.25, 0.3) is 54.9 Å². The summed E-state index contributed by atoms with van der Waals surface area (Å²) in [6.07, 6.45) is 0. The highest BCUT2D eigenvalue weighted by Crippen LogP contribution is 2.59. The lowest BCUT2D eigenvalue weighted by Crippen LogP contribution is -2.28. The molecule has 16 aromatic rings. The van der Waals surface area contributed by atoms with Crippen LogP contribution in [-0.2, 0) is 45.9 Å². The molecule has 0 radical (unpaired) electrons. The fourth-order valence-corrected chi connectivity index (χ4v) is 17.7. The van der Waals surface area contributed by atoms with Gasteiger partial charge in [-0.05, 0) is 190 Å². The molecular weight excluding hydrogens is 1830 g/mol. The van der Waals surface area contributed by atoms with Gasteiger partial charge in [0.2, 0.25) is 69.5 Å². The Morgan fingerprint density at radius 1 is 0.237 bits per heavy atom. The van der Waals surface area contributed by atoms with Gasteiger partial charge in [-0.3, -0.25) is 18.2 Å². The van der Waals surface area contributed by atoms with E-state index in [1.165, 1.54) is 24.3 Å². The molecule has 131 heavy (non-hydrogen) atoms. The molecule has 16 aromatic carbocycles. The summed E-state index contributed by atoms with van der Waals surface area (Å²) in [6, 6.07) is 62.4. The molecule has 662 valence electrons. The van der Waals surface area contributed by atoms with Crippen molar-refractivity contribution in [2.45, 2.75) is 25.0 Å². The summed E-state index contributed by atoms with van der Waals surface area (Å²) in [4.78, 5) is -0.298. The van der Waals surface area contributed by atoms with Crippen molar-refractivity contribution >= 4 is 96.1 Å². The van der Waals surface area contributed by atoms with Gasteiger partial charge < -0.3 is 28.7 Å². The molecule has 0 atom stereocenters. The van der Waals surface area contributed by atoms with E-state index in [1.807, 2.05) is 107 Å². The second kappa shape index (κ2) is 33.1. The number of rotatable bonds is 22. The number of benzene rings is 16. The fourth-order valence-electron chi connectivity index (χ4n) is 15.6. The highest BCUT2D eigenvalue weighted by molar-refractivity contribution is 7.86. The van der Waals surface area contributed by atoms with Gasteiger partial charge in [0.1, 0.15) is 23.0 Å². The van der Waals surface area contributed by atoms with Crippen molar-refractivity contribution in [1.29, 1.82) is 0 Å². The Bertz CT molecular complexity index is 7490. The fraction of sp³-hybridized carbons (Fsp3) is 0.0108. The first-order valence-corrected chi connectivity index (χ1v) is 43.4. The Labute approximate surface area is 729 Å². The molecular formula is C93H48F16N2O16S4. The standard InChI is InChI=1S/C93H48F16N2O16S4/c94-73-69(71-77(98)85(106)91(86(107)78(71)99)126-67-43-59(130(118,119)120)40-45-38-57(128(112,113)114)33-36-61(45)67)74(95)82(103)89(81(73)102)124-55-29-20-47(21-30-55)93(65-19-11-10-18-63(65)64-35-28-54(42-66(64)93)111(51-16-8-3-9-17-51)53-26-24-52(25-27-53)110(49-12-4-1-5-13-49)50-14-6-2-7-15-50)48-22-31-56(32-23-48)125-90-83(104)75(96)70(76(97)84(90)105)72-79(100)87(108)92(88(109)80(72)101)127-68-44-60(131(121,122)123)41-46-39-58(129(115,116)117)34-37-62(46)68/h1-44H,(H,112,113,114)(H,115,116,117)(H,118,119,120)(H,121,122,123). The van der Waals surface area contributed by atoms with Crippen LogP contribution in [0.5, 0.6) is 46.0 Å². The number of hydrogen-bond acceptors (Lipinski definition) is 14. The smallest absolute Gasteiger partial charge is 0.294 e. The van der Waals surface area contributed by atoms with Crippen molar-refractivity contribution in [1.82, 2.24) is 0 Å². The number of para-hydroxylation sites is 3. The first-order valence-electron chi connectivity index (χ1n) is 37.7. The first-order chi connectivity index (χ1) is 62.1. The molecule has 0 unspecified atom stereocenters. The number of halogens is 16. The number of hydrogen-bond donors (Lipinski definition) is 4. The summed E-state index contributed by atoms with van der Waals surface area (Å²) in [5, 5.41) is -2.18. The van der Waals surface area contributed by atoms with Gasteiger partial charge in [0.15, 0.2) is 46.5 Å². The van der Waals surface area contributed by atoms with E-state index in [0.29, 0.717) is 87.8 Å². The molecule has 0 heterocycles. The van der Waals surface area contributed by atoms with Gasteiger partial charge in [-0.25, -0.2) is 35.1 Å². The molecule has 0 saturated heterocycles. The molecule has 38 heteroatoms. The number of fused-ring (bicyclic) bond motifs is 5. The minimum absolute atomic E-state index is 0.154. The van der Waals surface area contributed by atoms with Crippen LogP contribution < -0.4 is 28.7 Å². The van der Waals surface area contributed by atoms with Crippen molar-refractivity contribution in [3.8, 4) is 79.4 Å². The first kappa shape index (κ1) is 88.4. The van der Waals surface area contributed by atoms with Crippen LogP contribution in [0.15, 0.2) is 287 Å².